The maximum absolute atomic E-state index is 12.3. The zero-order valence-corrected chi connectivity index (χ0v) is 12.4. The van der Waals surface area contributed by atoms with Crippen molar-refractivity contribution in [1.29, 1.82) is 0 Å². The van der Waals surface area contributed by atoms with Crippen molar-refractivity contribution in [3.05, 3.63) is 28.2 Å². The number of piperazine rings is 1. The molecule has 4 nitrogen and oxygen atoms in total. The van der Waals surface area contributed by atoms with E-state index in [9.17, 15) is 4.79 Å². The minimum Gasteiger partial charge on any atom is -0.313 e. The van der Waals surface area contributed by atoms with Gasteiger partial charge in [0, 0.05) is 19.6 Å². The molecule has 1 aromatic carbocycles. The second kappa shape index (κ2) is 5.85. The summed E-state index contributed by atoms with van der Waals surface area (Å²) >= 11 is 12.2. The fraction of sp³-hybridized carbons (Fsp3) is 0.417. The van der Waals surface area contributed by atoms with Gasteiger partial charge in [0.15, 0.2) is 0 Å². The predicted octanol–water partition coefficient (Wildman–Crippen LogP) is 1.99. The molecule has 1 atom stereocenters. The molecule has 2 heterocycles. The van der Waals surface area contributed by atoms with Crippen molar-refractivity contribution in [2.75, 3.05) is 31.2 Å². The lowest BCUT2D eigenvalue weighted by atomic mass is 10.2. The van der Waals surface area contributed by atoms with Crippen LogP contribution in [-0.2, 0) is 4.79 Å². The van der Waals surface area contributed by atoms with Crippen LogP contribution in [0.5, 0.6) is 0 Å². The van der Waals surface area contributed by atoms with Gasteiger partial charge in [-0.1, -0.05) is 29.3 Å². The monoisotopic (exact) mass is 321 g/mol. The van der Waals surface area contributed by atoms with Gasteiger partial charge in [-0.2, -0.15) is 0 Å². The topological polar surface area (TPSA) is 35.6 Å². The molecule has 1 unspecified atom stereocenters. The number of rotatable bonds is 1. The molecule has 1 aromatic rings. The van der Waals surface area contributed by atoms with Crippen LogP contribution >= 0.6 is 35.6 Å². The Morgan fingerprint density at radius 3 is 2.84 bits per heavy atom. The summed E-state index contributed by atoms with van der Waals surface area (Å²) in [5.74, 6) is 0.0892. The minimum absolute atomic E-state index is 0. The second-order valence-electron chi connectivity index (χ2n) is 4.51. The summed E-state index contributed by atoms with van der Waals surface area (Å²) in [6, 6.07) is 5.29. The normalized spacial score (nSPS) is 23.2. The molecule has 0 saturated carbocycles. The molecule has 2 aliphatic rings. The number of hydrogen-bond donors (Lipinski definition) is 1. The number of carbonyl (C=O) groups excluding carboxylic acids is 1. The highest BCUT2D eigenvalue weighted by molar-refractivity contribution is 6.44. The van der Waals surface area contributed by atoms with E-state index in [-0.39, 0.29) is 24.4 Å². The number of nitrogens with one attached hydrogen (secondary N) is 1. The molecule has 0 bridgehead atoms. The Hall–Kier alpha value is -0.520. The summed E-state index contributed by atoms with van der Waals surface area (Å²) in [5.41, 5.74) is 0.698. The van der Waals surface area contributed by atoms with E-state index in [2.05, 4.69) is 10.2 Å². The third-order valence-corrected chi connectivity index (χ3v) is 4.26. The molecule has 3 rings (SSSR count). The lowest BCUT2D eigenvalue weighted by Gasteiger charge is -2.26. The van der Waals surface area contributed by atoms with E-state index in [4.69, 9.17) is 23.2 Å². The quantitative estimate of drug-likeness (QED) is 0.859. The Morgan fingerprint density at radius 2 is 2.11 bits per heavy atom. The van der Waals surface area contributed by atoms with Gasteiger partial charge in [-0.05, 0) is 12.1 Å². The molecule has 0 aromatic heterocycles. The van der Waals surface area contributed by atoms with Crippen LogP contribution in [0.25, 0.3) is 0 Å². The number of amides is 1. The van der Waals surface area contributed by atoms with Crippen LogP contribution in [0.1, 0.15) is 0 Å². The van der Waals surface area contributed by atoms with E-state index >= 15 is 0 Å². The van der Waals surface area contributed by atoms with Crippen LogP contribution in [0.2, 0.25) is 10.0 Å². The highest BCUT2D eigenvalue weighted by Gasteiger charge is 2.40. The summed E-state index contributed by atoms with van der Waals surface area (Å²) in [6.45, 7) is 3.09. The number of halogens is 3. The third-order valence-electron chi connectivity index (χ3n) is 3.45. The van der Waals surface area contributed by atoms with Gasteiger partial charge in [0.1, 0.15) is 6.04 Å². The SMILES string of the molecule is Cl.O=C1C2CNCCN2CN1c1cccc(Cl)c1Cl. The van der Waals surface area contributed by atoms with Gasteiger partial charge >= 0.3 is 0 Å². The molecule has 104 valence electrons. The summed E-state index contributed by atoms with van der Waals surface area (Å²) < 4.78 is 0. The first kappa shape index (κ1) is 14.9. The van der Waals surface area contributed by atoms with Crippen LogP contribution in [-0.4, -0.2) is 43.2 Å². The van der Waals surface area contributed by atoms with Crippen LogP contribution in [0.4, 0.5) is 5.69 Å². The van der Waals surface area contributed by atoms with Crippen molar-refractivity contribution in [1.82, 2.24) is 10.2 Å². The zero-order valence-electron chi connectivity index (χ0n) is 10.1. The number of anilines is 1. The lowest BCUT2D eigenvalue weighted by molar-refractivity contribution is -0.119. The summed E-state index contributed by atoms with van der Waals surface area (Å²) in [5, 5.41) is 4.16. The first-order valence-electron chi connectivity index (χ1n) is 5.88. The molecule has 2 aliphatic heterocycles. The van der Waals surface area contributed by atoms with E-state index in [0.29, 0.717) is 28.9 Å². The van der Waals surface area contributed by atoms with Gasteiger partial charge in [-0.25, -0.2) is 0 Å². The molecular formula is C12H14Cl3N3O. The largest absolute Gasteiger partial charge is 0.313 e. The van der Waals surface area contributed by atoms with Crippen LogP contribution in [0.3, 0.4) is 0 Å². The average Bonchev–Trinajstić information content (AvgIpc) is 2.71. The number of nitrogens with zero attached hydrogens (tertiary/aromatic N) is 2. The second-order valence-corrected chi connectivity index (χ2v) is 5.30. The highest BCUT2D eigenvalue weighted by Crippen LogP contribution is 2.35. The minimum atomic E-state index is -0.0752. The maximum atomic E-state index is 12.3. The Bertz CT molecular complexity index is 497. The summed E-state index contributed by atoms with van der Waals surface area (Å²) in [4.78, 5) is 16.2. The number of carbonyl (C=O) groups is 1. The standard InChI is InChI=1S/C12H13Cl2N3O.ClH/c13-8-2-1-3-9(11(8)14)17-7-16-5-4-15-6-10(16)12(17)18;/h1-3,10,15H,4-7H2;1H. The van der Waals surface area contributed by atoms with E-state index < -0.39 is 0 Å². The molecule has 2 fully saturated rings. The van der Waals surface area contributed by atoms with Crippen molar-refractivity contribution < 1.29 is 4.79 Å². The Balaban J connectivity index is 0.00000133. The van der Waals surface area contributed by atoms with Crippen LogP contribution in [0.15, 0.2) is 18.2 Å². The van der Waals surface area contributed by atoms with Crippen molar-refractivity contribution in [3.8, 4) is 0 Å². The number of hydrogen-bond acceptors (Lipinski definition) is 3. The van der Waals surface area contributed by atoms with Gasteiger partial charge < -0.3 is 5.32 Å². The van der Waals surface area contributed by atoms with E-state index in [1.807, 2.05) is 12.1 Å². The predicted molar refractivity (Wildman–Crippen MR) is 79.4 cm³/mol. The molecular weight excluding hydrogens is 309 g/mol. The molecule has 7 heteroatoms. The Morgan fingerprint density at radius 1 is 1.32 bits per heavy atom. The molecule has 1 N–H and O–H groups in total. The molecule has 1 amide bonds. The smallest absolute Gasteiger partial charge is 0.246 e. The lowest BCUT2D eigenvalue weighted by Crippen LogP contribution is -2.50. The van der Waals surface area contributed by atoms with Gasteiger partial charge in [-0.3, -0.25) is 14.6 Å². The molecule has 0 radical (unpaired) electrons. The van der Waals surface area contributed by atoms with Crippen LogP contribution in [0, 0.1) is 0 Å². The zero-order chi connectivity index (χ0) is 12.7. The Kier molecular flexibility index (Phi) is 4.58. The van der Waals surface area contributed by atoms with Gasteiger partial charge in [-0.15, -0.1) is 12.4 Å². The first-order chi connectivity index (χ1) is 8.68. The molecule has 19 heavy (non-hydrogen) atoms. The number of benzene rings is 1. The van der Waals surface area contributed by atoms with Crippen molar-refractivity contribution in [2.45, 2.75) is 6.04 Å². The average molecular weight is 323 g/mol. The van der Waals surface area contributed by atoms with Crippen molar-refractivity contribution in [3.63, 3.8) is 0 Å². The van der Waals surface area contributed by atoms with E-state index in [0.717, 1.165) is 13.1 Å². The summed E-state index contributed by atoms with van der Waals surface area (Å²) in [6.07, 6.45) is 0. The summed E-state index contributed by atoms with van der Waals surface area (Å²) in [7, 11) is 0. The highest BCUT2D eigenvalue weighted by atomic mass is 35.5. The van der Waals surface area contributed by atoms with Gasteiger partial charge in [0.05, 0.1) is 22.4 Å². The third kappa shape index (κ3) is 2.56. The van der Waals surface area contributed by atoms with Crippen molar-refractivity contribution in [2.24, 2.45) is 0 Å². The van der Waals surface area contributed by atoms with E-state index in [1.165, 1.54) is 0 Å². The molecule has 0 spiro atoms. The molecule has 0 aliphatic carbocycles. The Labute approximate surface area is 128 Å². The maximum Gasteiger partial charge on any atom is 0.246 e. The van der Waals surface area contributed by atoms with Gasteiger partial charge in [0.2, 0.25) is 5.91 Å². The number of fused-ring (bicyclic) bond motifs is 1. The molecule has 2 saturated heterocycles. The fourth-order valence-electron chi connectivity index (χ4n) is 2.49. The fourth-order valence-corrected chi connectivity index (χ4v) is 2.88. The first-order valence-corrected chi connectivity index (χ1v) is 6.64. The van der Waals surface area contributed by atoms with Gasteiger partial charge in [0.25, 0.3) is 0 Å². The van der Waals surface area contributed by atoms with E-state index in [1.54, 1.807) is 11.0 Å². The van der Waals surface area contributed by atoms with Crippen LogP contribution < -0.4 is 10.2 Å². The van der Waals surface area contributed by atoms with Crippen molar-refractivity contribution >= 4 is 47.2 Å².